The molecule has 1 atom stereocenters. The quantitative estimate of drug-likeness (QED) is 0.610. The number of benzene rings is 1. The Morgan fingerprint density at radius 3 is 2.94 bits per heavy atom. The predicted octanol–water partition coefficient (Wildman–Crippen LogP) is 1.64. The number of carbonyl (C=O) groups is 1. The molecule has 4 nitrogen and oxygen atoms in total. The van der Waals surface area contributed by atoms with Gasteiger partial charge in [0, 0.05) is 29.4 Å². The molecular formula is C12H14N2O2S. The zero-order valence-corrected chi connectivity index (χ0v) is 10.1. The van der Waals surface area contributed by atoms with E-state index in [4.69, 9.17) is 5.11 Å². The van der Waals surface area contributed by atoms with Crippen LogP contribution in [0, 0.1) is 0 Å². The Hall–Kier alpha value is -1.46. The van der Waals surface area contributed by atoms with Gasteiger partial charge in [0.05, 0.1) is 0 Å². The lowest BCUT2D eigenvalue weighted by Gasteiger charge is -2.10. The van der Waals surface area contributed by atoms with Crippen molar-refractivity contribution in [3.63, 3.8) is 0 Å². The summed E-state index contributed by atoms with van der Waals surface area (Å²) < 4.78 is 0. The van der Waals surface area contributed by atoms with Crippen LogP contribution in [0.25, 0.3) is 10.9 Å². The number of aromatic nitrogens is 1. The van der Waals surface area contributed by atoms with E-state index in [1.807, 2.05) is 30.5 Å². The maximum Gasteiger partial charge on any atom is 0.321 e. The zero-order valence-electron chi connectivity index (χ0n) is 9.18. The summed E-state index contributed by atoms with van der Waals surface area (Å²) in [6.07, 6.45) is 1.90. The van der Waals surface area contributed by atoms with Gasteiger partial charge in [-0.25, -0.2) is 0 Å². The normalized spacial score (nSPS) is 12.8. The van der Waals surface area contributed by atoms with Crippen molar-refractivity contribution < 1.29 is 9.90 Å². The molecule has 0 aliphatic carbocycles. The van der Waals surface area contributed by atoms with E-state index in [-0.39, 0.29) is 5.75 Å². The van der Waals surface area contributed by atoms with Crippen molar-refractivity contribution in [2.45, 2.75) is 12.6 Å². The maximum atomic E-state index is 10.8. The van der Waals surface area contributed by atoms with Gasteiger partial charge in [-0.3, -0.25) is 10.1 Å². The Bertz CT molecular complexity index is 524. The Morgan fingerprint density at radius 1 is 1.47 bits per heavy atom. The number of aromatic amines is 1. The second kappa shape index (κ2) is 5.25. The lowest BCUT2D eigenvalue weighted by atomic mass is 10.1. The predicted molar refractivity (Wildman–Crippen MR) is 70.4 cm³/mol. The average molecular weight is 250 g/mol. The summed E-state index contributed by atoms with van der Waals surface area (Å²) >= 11 is 4.01. The van der Waals surface area contributed by atoms with Gasteiger partial charge >= 0.3 is 5.97 Å². The molecule has 3 N–H and O–H groups in total. The van der Waals surface area contributed by atoms with E-state index >= 15 is 0 Å². The first kappa shape index (κ1) is 12.0. The summed E-state index contributed by atoms with van der Waals surface area (Å²) in [6.45, 7) is 0.515. The highest BCUT2D eigenvalue weighted by molar-refractivity contribution is 7.80. The van der Waals surface area contributed by atoms with Crippen LogP contribution in [-0.2, 0) is 11.3 Å². The summed E-state index contributed by atoms with van der Waals surface area (Å²) in [5, 5.41) is 13.0. The fourth-order valence-electron chi connectivity index (χ4n) is 1.74. The number of fused-ring (bicyclic) bond motifs is 1. The SMILES string of the molecule is O=C(O)[C@H](CS)NCc1c[nH]c2ccccc12. The third kappa shape index (κ3) is 2.62. The molecule has 0 saturated carbocycles. The number of thiol groups is 1. The van der Waals surface area contributed by atoms with Gasteiger partial charge in [-0.15, -0.1) is 0 Å². The van der Waals surface area contributed by atoms with E-state index in [0.717, 1.165) is 16.5 Å². The first-order chi connectivity index (χ1) is 8.22. The third-order valence-corrected chi connectivity index (χ3v) is 3.06. The summed E-state index contributed by atoms with van der Waals surface area (Å²) in [5.41, 5.74) is 2.12. The number of nitrogens with one attached hydrogen (secondary N) is 2. The van der Waals surface area contributed by atoms with E-state index in [9.17, 15) is 4.79 Å². The monoisotopic (exact) mass is 250 g/mol. The molecule has 1 aromatic heterocycles. The molecule has 2 aromatic rings. The van der Waals surface area contributed by atoms with Gasteiger partial charge in [-0.2, -0.15) is 12.6 Å². The smallest absolute Gasteiger partial charge is 0.321 e. The van der Waals surface area contributed by atoms with Crippen LogP contribution in [0.1, 0.15) is 5.56 Å². The standard InChI is InChI=1S/C12H14N2O2S/c15-12(16)11(7-17)14-6-8-5-13-10-4-2-1-3-9(8)10/h1-5,11,13-14,17H,6-7H2,(H,15,16)/t11-/m0/s1. The van der Waals surface area contributed by atoms with E-state index < -0.39 is 12.0 Å². The number of carboxylic acid groups (broad SMARTS) is 1. The summed E-state index contributed by atoms with van der Waals surface area (Å²) in [4.78, 5) is 14.0. The first-order valence-corrected chi connectivity index (χ1v) is 5.97. The lowest BCUT2D eigenvalue weighted by molar-refractivity contribution is -0.138. The third-order valence-electron chi connectivity index (χ3n) is 2.69. The van der Waals surface area contributed by atoms with E-state index in [0.29, 0.717) is 6.54 Å². The molecular weight excluding hydrogens is 236 g/mol. The largest absolute Gasteiger partial charge is 0.480 e. The highest BCUT2D eigenvalue weighted by Crippen LogP contribution is 2.17. The van der Waals surface area contributed by atoms with Gasteiger partial charge in [0.2, 0.25) is 0 Å². The summed E-state index contributed by atoms with van der Waals surface area (Å²) in [6, 6.07) is 7.31. The summed E-state index contributed by atoms with van der Waals surface area (Å²) in [5.74, 6) is -0.600. The molecule has 0 saturated heterocycles. The number of carboxylic acids is 1. The molecule has 0 bridgehead atoms. The Balaban J connectivity index is 2.11. The number of hydrogen-bond acceptors (Lipinski definition) is 3. The van der Waals surface area contributed by atoms with Crippen LogP contribution in [0.5, 0.6) is 0 Å². The Morgan fingerprint density at radius 2 is 2.24 bits per heavy atom. The van der Waals surface area contributed by atoms with Crippen molar-refractivity contribution in [3.05, 3.63) is 36.0 Å². The second-order valence-electron chi connectivity index (χ2n) is 3.81. The minimum atomic E-state index is -0.875. The average Bonchev–Trinajstić information content (AvgIpc) is 2.73. The topological polar surface area (TPSA) is 65.1 Å². The van der Waals surface area contributed by atoms with Gasteiger partial charge < -0.3 is 10.1 Å². The van der Waals surface area contributed by atoms with Crippen LogP contribution >= 0.6 is 12.6 Å². The molecule has 90 valence electrons. The Labute approximate surface area is 104 Å². The van der Waals surface area contributed by atoms with Crippen molar-refractivity contribution in [3.8, 4) is 0 Å². The zero-order chi connectivity index (χ0) is 12.3. The molecule has 0 aliphatic heterocycles. The molecule has 0 aliphatic rings. The number of rotatable bonds is 5. The van der Waals surface area contributed by atoms with Gasteiger partial charge in [0.15, 0.2) is 0 Å². The highest BCUT2D eigenvalue weighted by Gasteiger charge is 2.14. The van der Waals surface area contributed by atoms with Crippen LogP contribution < -0.4 is 5.32 Å². The van der Waals surface area contributed by atoms with Crippen LogP contribution in [-0.4, -0.2) is 27.9 Å². The van der Waals surface area contributed by atoms with Gasteiger partial charge in [0.1, 0.15) is 6.04 Å². The van der Waals surface area contributed by atoms with Crippen molar-refractivity contribution in [2.24, 2.45) is 0 Å². The lowest BCUT2D eigenvalue weighted by Crippen LogP contribution is -2.37. The van der Waals surface area contributed by atoms with E-state index in [2.05, 4.69) is 22.9 Å². The minimum absolute atomic E-state index is 0.275. The molecule has 0 amide bonds. The molecule has 1 aromatic carbocycles. The molecule has 0 unspecified atom stereocenters. The number of hydrogen-bond donors (Lipinski definition) is 4. The van der Waals surface area contributed by atoms with Crippen molar-refractivity contribution in [2.75, 3.05) is 5.75 Å². The van der Waals surface area contributed by atoms with Gasteiger partial charge in [-0.05, 0) is 11.6 Å². The first-order valence-electron chi connectivity index (χ1n) is 5.34. The van der Waals surface area contributed by atoms with Gasteiger partial charge in [-0.1, -0.05) is 18.2 Å². The maximum absolute atomic E-state index is 10.8. The van der Waals surface area contributed by atoms with Crippen molar-refractivity contribution >= 4 is 29.5 Å². The molecule has 17 heavy (non-hydrogen) atoms. The molecule has 2 rings (SSSR count). The highest BCUT2D eigenvalue weighted by atomic mass is 32.1. The van der Waals surface area contributed by atoms with Crippen LogP contribution in [0.3, 0.4) is 0 Å². The fourth-order valence-corrected chi connectivity index (χ4v) is 2.03. The van der Waals surface area contributed by atoms with Crippen LogP contribution in [0.2, 0.25) is 0 Å². The summed E-state index contributed by atoms with van der Waals surface area (Å²) in [7, 11) is 0. The number of para-hydroxylation sites is 1. The van der Waals surface area contributed by atoms with Crippen LogP contribution in [0.4, 0.5) is 0 Å². The molecule has 0 fully saturated rings. The van der Waals surface area contributed by atoms with E-state index in [1.54, 1.807) is 0 Å². The van der Waals surface area contributed by atoms with Crippen molar-refractivity contribution in [1.29, 1.82) is 0 Å². The Kier molecular flexibility index (Phi) is 3.71. The molecule has 5 heteroatoms. The number of aliphatic carboxylic acids is 1. The van der Waals surface area contributed by atoms with Crippen molar-refractivity contribution in [1.82, 2.24) is 10.3 Å². The molecule has 0 radical (unpaired) electrons. The van der Waals surface area contributed by atoms with Gasteiger partial charge in [0.25, 0.3) is 0 Å². The van der Waals surface area contributed by atoms with E-state index in [1.165, 1.54) is 0 Å². The second-order valence-corrected chi connectivity index (χ2v) is 4.18. The molecule has 0 spiro atoms. The number of H-pyrrole nitrogens is 1. The van der Waals surface area contributed by atoms with Crippen LogP contribution in [0.15, 0.2) is 30.5 Å². The minimum Gasteiger partial charge on any atom is -0.480 e. The molecule has 1 heterocycles. The fraction of sp³-hybridized carbons (Fsp3) is 0.250.